The highest BCUT2D eigenvalue weighted by Crippen LogP contribution is 2.30. The average molecular weight is 369 g/mol. The molecule has 0 aliphatic rings. The lowest BCUT2D eigenvalue weighted by Crippen LogP contribution is -2.34. The molecular formula is C17H18Cl2N2O3. The number of carbonyl (C=O) groups excluding carboxylic acids is 1. The van der Waals surface area contributed by atoms with E-state index >= 15 is 0 Å². The molecule has 2 rings (SSSR count). The summed E-state index contributed by atoms with van der Waals surface area (Å²) in [5, 5.41) is 6.58. The zero-order valence-corrected chi connectivity index (χ0v) is 14.9. The Bertz CT molecular complexity index is 723. The van der Waals surface area contributed by atoms with Crippen LogP contribution in [0.25, 0.3) is 0 Å². The monoisotopic (exact) mass is 368 g/mol. The van der Waals surface area contributed by atoms with Crippen LogP contribution in [0.3, 0.4) is 0 Å². The maximum Gasteiger partial charge on any atom is 0.315 e. The Morgan fingerprint density at radius 3 is 2.33 bits per heavy atom. The first kappa shape index (κ1) is 18.2. The molecule has 0 saturated carbocycles. The van der Waals surface area contributed by atoms with E-state index in [1.807, 2.05) is 12.1 Å². The summed E-state index contributed by atoms with van der Waals surface area (Å²) >= 11 is 11.9. The zero-order chi connectivity index (χ0) is 17.5. The van der Waals surface area contributed by atoms with Crippen LogP contribution in [0.1, 0.15) is 11.1 Å². The van der Waals surface area contributed by atoms with Crippen molar-refractivity contribution in [3.63, 3.8) is 0 Å². The van der Waals surface area contributed by atoms with Crippen molar-refractivity contribution in [2.24, 2.45) is 0 Å². The number of urea groups is 1. The van der Waals surface area contributed by atoms with Crippen molar-refractivity contribution in [3.8, 4) is 11.5 Å². The number of hydrogen-bond donors (Lipinski definition) is 2. The van der Waals surface area contributed by atoms with E-state index in [0.29, 0.717) is 34.6 Å². The number of carbonyl (C=O) groups is 1. The first-order valence-corrected chi connectivity index (χ1v) is 7.96. The molecule has 24 heavy (non-hydrogen) atoms. The van der Waals surface area contributed by atoms with E-state index < -0.39 is 0 Å². The van der Waals surface area contributed by atoms with E-state index in [1.165, 1.54) is 0 Å². The summed E-state index contributed by atoms with van der Waals surface area (Å²) in [6.07, 6.45) is 0. The van der Waals surface area contributed by atoms with Crippen molar-refractivity contribution in [1.82, 2.24) is 10.6 Å². The van der Waals surface area contributed by atoms with E-state index in [2.05, 4.69) is 10.6 Å². The van der Waals surface area contributed by atoms with Crippen LogP contribution in [0.2, 0.25) is 10.0 Å². The molecule has 0 aliphatic carbocycles. The van der Waals surface area contributed by atoms with Crippen LogP contribution in [-0.4, -0.2) is 20.3 Å². The molecule has 0 fully saturated rings. The van der Waals surface area contributed by atoms with E-state index in [4.69, 9.17) is 32.7 Å². The summed E-state index contributed by atoms with van der Waals surface area (Å²) in [4.78, 5) is 12.0. The summed E-state index contributed by atoms with van der Waals surface area (Å²) in [6.45, 7) is 0.609. The fraction of sp³-hybridized carbons (Fsp3) is 0.235. The molecule has 2 amide bonds. The molecule has 2 N–H and O–H groups in total. The molecule has 0 saturated heterocycles. The van der Waals surface area contributed by atoms with Crippen LogP contribution >= 0.6 is 23.2 Å². The highest BCUT2D eigenvalue weighted by molar-refractivity contribution is 6.35. The van der Waals surface area contributed by atoms with Gasteiger partial charge in [0.1, 0.15) is 0 Å². The minimum Gasteiger partial charge on any atom is -0.493 e. The second-order valence-electron chi connectivity index (χ2n) is 4.92. The number of rotatable bonds is 6. The molecule has 0 radical (unpaired) electrons. The normalized spacial score (nSPS) is 10.2. The van der Waals surface area contributed by atoms with E-state index in [1.54, 1.807) is 38.5 Å². The molecule has 7 heteroatoms. The second-order valence-corrected chi connectivity index (χ2v) is 5.77. The van der Waals surface area contributed by atoms with Crippen LogP contribution in [-0.2, 0) is 13.1 Å². The lowest BCUT2D eigenvalue weighted by atomic mass is 10.2. The number of amides is 2. The molecule has 2 aromatic carbocycles. The molecule has 0 unspecified atom stereocenters. The fourth-order valence-corrected chi connectivity index (χ4v) is 2.65. The molecule has 0 bridgehead atoms. The summed E-state index contributed by atoms with van der Waals surface area (Å²) in [7, 11) is 3.13. The second kappa shape index (κ2) is 8.66. The van der Waals surface area contributed by atoms with Gasteiger partial charge < -0.3 is 20.1 Å². The summed E-state index contributed by atoms with van der Waals surface area (Å²) in [5.74, 6) is 1.21. The molecule has 0 heterocycles. The summed E-state index contributed by atoms with van der Waals surface area (Å²) < 4.78 is 10.6. The molecule has 128 valence electrons. The maximum absolute atomic E-state index is 12.0. The Hall–Kier alpha value is -2.11. The quantitative estimate of drug-likeness (QED) is 0.809. The number of methoxy groups -OCH3 is 2. The van der Waals surface area contributed by atoms with Crippen LogP contribution in [0.5, 0.6) is 11.5 Å². The predicted molar refractivity (Wildman–Crippen MR) is 95.1 cm³/mol. The Labute approximate surface area is 150 Å². The fourth-order valence-electron chi connectivity index (χ4n) is 2.17. The molecule has 0 atom stereocenters. The summed E-state index contributed by atoms with van der Waals surface area (Å²) in [5.41, 5.74) is 1.60. The number of ether oxygens (including phenoxy) is 2. The smallest absolute Gasteiger partial charge is 0.315 e. The molecule has 0 aliphatic heterocycles. The van der Waals surface area contributed by atoms with Crippen molar-refractivity contribution in [2.45, 2.75) is 13.1 Å². The number of halogens is 2. The third-order valence-corrected chi connectivity index (χ3v) is 3.97. The number of hydrogen-bond acceptors (Lipinski definition) is 3. The first-order chi connectivity index (χ1) is 11.5. The van der Waals surface area contributed by atoms with Gasteiger partial charge >= 0.3 is 6.03 Å². The van der Waals surface area contributed by atoms with Crippen LogP contribution < -0.4 is 20.1 Å². The minimum absolute atomic E-state index is 0.303. The predicted octanol–water partition coefficient (Wildman–Crippen LogP) is 4.01. The van der Waals surface area contributed by atoms with Gasteiger partial charge in [-0.3, -0.25) is 0 Å². The highest BCUT2D eigenvalue weighted by atomic mass is 35.5. The lowest BCUT2D eigenvalue weighted by molar-refractivity contribution is 0.240. The van der Waals surface area contributed by atoms with Gasteiger partial charge in [0.05, 0.1) is 14.2 Å². The van der Waals surface area contributed by atoms with Gasteiger partial charge in [0.15, 0.2) is 11.5 Å². The first-order valence-electron chi connectivity index (χ1n) is 7.20. The standard InChI is InChI=1S/C17H18Cl2N2O3/c1-23-15-5-3-4-12(16(15)24-2)10-21-17(22)20-9-11-6-7-13(18)8-14(11)19/h3-8H,9-10H2,1-2H3,(H2,20,21,22). The van der Waals surface area contributed by atoms with Crippen LogP contribution in [0.4, 0.5) is 4.79 Å². The lowest BCUT2D eigenvalue weighted by Gasteiger charge is -2.13. The van der Waals surface area contributed by atoms with Gasteiger partial charge in [-0.15, -0.1) is 0 Å². The van der Waals surface area contributed by atoms with Gasteiger partial charge in [0.2, 0.25) is 0 Å². The third kappa shape index (κ3) is 4.69. The number of benzene rings is 2. The van der Waals surface area contributed by atoms with Gasteiger partial charge in [-0.25, -0.2) is 4.79 Å². The Morgan fingerprint density at radius 2 is 1.71 bits per heavy atom. The molecule has 0 aromatic heterocycles. The van der Waals surface area contributed by atoms with Crippen molar-refractivity contribution in [3.05, 3.63) is 57.6 Å². The molecular weight excluding hydrogens is 351 g/mol. The summed E-state index contributed by atoms with van der Waals surface area (Å²) in [6, 6.07) is 10.3. The Morgan fingerprint density at radius 1 is 1.00 bits per heavy atom. The molecule has 5 nitrogen and oxygen atoms in total. The van der Waals surface area contributed by atoms with Gasteiger partial charge in [-0.1, -0.05) is 41.4 Å². The van der Waals surface area contributed by atoms with Crippen molar-refractivity contribution >= 4 is 29.2 Å². The van der Waals surface area contributed by atoms with Crippen LogP contribution in [0, 0.1) is 0 Å². The third-order valence-electron chi connectivity index (χ3n) is 3.38. The Kier molecular flexibility index (Phi) is 6.58. The topological polar surface area (TPSA) is 59.6 Å². The van der Waals surface area contributed by atoms with E-state index in [9.17, 15) is 4.79 Å². The van der Waals surface area contributed by atoms with E-state index in [-0.39, 0.29) is 6.03 Å². The van der Waals surface area contributed by atoms with Crippen molar-refractivity contribution in [1.29, 1.82) is 0 Å². The van der Waals surface area contributed by atoms with Gasteiger partial charge in [0, 0.05) is 28.7 Å². The SMILES string of the molecule is COc1cccc(CNC(=O)NCc2ccc(Cl)cc2Cl)c1OC. The molecule has 0 spiro atoms. The zero-order valence-electron chi connectivity index (χ0n) is 13.4. The highest BCUT2D eigenvalue weighted by Gasteiger charge is 2.10. The van der Waals surface area contributed by atoms with Gasteiger partial charge in [0.25, 0.3) is 0 Å². The average Bonchev–Trinajstić information content (AvgIpc) is 2.58. The Balaban J connectivity index is 1.92. The van der Waals surface area contributed by atoms with Crippen molar-refractivity contribution < 1.29 is 14.3 Å². The van der Waals surface area contributed by atoms with Crippen LogP contribution in [0.15, 0.2) is 36.4 Å². The van der Waals surface area contributed by atoms with Crippen molar-refractivity contribution in [2.75, 3.05) is 14.2 Å². The molecule has 2 aromatic rings. The van der Waals surface area contributed by atoms with E-state index in [0.717, 1.165) is 11.1 Å². The maximum atomic E-state index is 12.0. The minimum atomic E-state index is -0.314. The van der Waals surface area contributed by atoms with Gasteiger partial charge in [-0.2, -0.15) is 0 Å². The number of para-hydroxylation sites is 1. The van der Waals surface area contributed by atoms with Gasteiger partial charge in [-0.05, 0) is 23.8 Å². The number of nitrogens with one attached hydrogen (secondary N) is 2. The largest absolute Gasteiger partial charge is 0.493 e.